The summed E-state index contributed by atoms with van der Waals surface area (Å²) in [5, 5.41) is 4.74. The van der Waals surface area contributed by atoms with Crippen LogP contribution in [0.4, 0.5) is 0 Å². The van der Waals surface area contributed by atoms with Crippen LogP contribution in [0.25, 0.3) is 5.69 Å². The van der Waals surface area contributed by atoms with E-state index in [1.807, 2.05) is 4.68 Å². The average molecular weight is 297 g/mol. The number of rotatable bonds is 3. The molecule has 0 N–H and O–H groups in total. The molecule has 0 aliphatic carbocycles. The largest absolute Gasteiger partial charge is 0.299 e. The highest BCUT2D eigenvalue weighted by atomic mass is 15.3. The van der Waals surface area contributed by atoms with Gasteiger partial charge in [0, 0.05) is 18.2 Å². The van der Waals surface area contributed by atoms with Crippen molar-refractivity contribution in [1.29, 1.82) is 0 Å². The molecule has 1 aromatic carbocycles. The fourth-order valence-electron chi connectivity index (χ4n) is 3.04. The Morgan fingerprint density at radius 1 is 1.05 bits per heavy atom. The molecule has 2 heterocycles. The summed E-state index contributed by atoms with van der Waals surface area (Å²) in [4.78, 5) is 2.56. The number of hydrogen-bond donors (Lipinski definition) is 0. The lowest BCUT2D eigenvalue weighted by atomic mass is 9.93. The lowest BCUT2D eigenvalue weighted by Crippen LogP contribution is -2.29. The van der Waals surface area contributed by atoms with Crippen LogP contribution in [0.2, 0.25) is 0 Å². The molecule has 3 rings (SSSR count). The molecule has 1 aromatic heterocycles. The van der Waals surface area contributed by atoms with E-state index in [0.29, 0.717) is 0 Å². The van der Waals surface area contributed by atoms with Gasteiger partial charge in [-0.2, -0.15) is 5.10 Å². The van der Waals surface area contributed by atoms with Crippen LogP contribution in [0.5, 0.6) is 0 Å². The van der Waals surface area contributed by atoms with Gasteiger partial charge in [-0.05, 0) is 49.7 Å². The second kappa shape index (κ2) is 6.25. The number of hydrogen-bond acceptors (Lipinski definition) is 2. The lowest BCUT2D eigenvalue weighted by molar-refractivity contribution is 0.221. The molecule has 0 radical (unpaired) electrons. The number of likely N-dealkylation sites (tertiary alicyclic amines) is 1. The standard InChI is InChI=1S/C19H27N3/c1-19(2,3)18-10-13-22(20-18)17-9-7-8-16(14-17)15-21-11-5-4-6-12-21/h7-10,13-14H,4-6,11-12,15H2,1-3H3. The molecule has 0 spiro atoms. The summed E-state index contributed by atoms with van der Waals surface area (Å²) in [7, 11) is 0. The zero-order chi connectivity index (χ0) is 15.6. The third-order valence-corrected chi connectivity index (χ3v) is 4.39. The number of aromatic nitrogens is 2. The zero-order valence-electron chi connectivity index (χ0n) is 14.0. The molecule has 1 aliphatic rings. The van der Waals surface area contributed by atoms with Gasteiger partial charge >= 0.3 is 0 Å². The van der Waals surface area contributed by atoms with Gasteiger partial charge in [0.15, 0.2) is 0 Å². The van der Waals surface area contributed by atoms with E-state index in [1.54, 1.807) is 0 Å². The van der Waals surface area contributed by atoms with Crippen molar-refractivity contribution in [2.45, 2.75) is 52.0 Å². The minimum Gasteiger partial charge on any atom is -0.299 e. The fraction of sp³-hybridized carbons (Fsp3) is 0.526. The quantitative estimate of drug-likeness (QED) is 0.848. The van der Waals surface area contributed by atoms with E-state index in [1.165, 1.54) is 37.9 Å². The molecule has 2 aromatic rings. The van der Waals surface area contributed by atoms with Crippen molar-refractivity contribution in [3.8, 4) is 5.69 Å². The van der Waals surface area contributed by atoms with Gasteiger partial charge in [0.25, 0.3) is 0 Å². The van der Waals surface area contributed by atoms with Crippen LogP contribution in [0.15, 0.2) is 36.5 Å². The second-order valence-corrected chi connectivity index (χ2v) is 7.40. The van der Waals surface area contributed by atoms with E-state index in [9.17, 15) is 0 Å². The smallest absolute Gasteiger partial charge is 0.0682 e. The summed E-state index contributed by atoms with van der Waals surface area (Å²) >= 11 is 0. The van der Waals surface area contributed by atoms with Crippen molar-refractivity contribution >= 4 is 0 Å². The van der Waals surface area contributed by atoms with Crippen molar-refractivity contribution in [3.05, 3.63) is 47.8 Å². The van der Waals surface area contributed by atoms with E-state index < -0.39 is 0 Å². The van der Waals surface area contributed by atoms with Crippen LogP contribution in [0.1, 0.15) is 51.3 Å². The van der Waals surface area contributed by atoms with Gasteiger partial charge in [-0.15, -0.1) is 0 Å². The maximum absolute atomic E-state index is 4.74. The van der Waals surface area contributed by atoms with Crippen LogP contribution in [0.3, 0.4) is 0 Å². The Hall–Kier alpha value is -1.61. The number of benzene rings is 1. The van der Waals surface area contributed by atoms with E-state index in [2.05, 4.69) is 62.2 Å². The molecule has 0 saturated carbocycles. The Bertz CT molecular complexity index is 616. The van der Waals surface area contributed by atoms with E-state index in [4.69, 9.17) is 5.10 Å². The van der Waals surface area contributed by atoms with Crippen LogP contribution in [-0.4, -0.2) is 27.8 Å². The highest BCUT2D eigenvalue weighted by Gasteiger charge is 2.17. The van der Waals surface area contributed by atoms with E-state index in [0.717, 1.165) is 17.9 Å². The molecular weight excluding hydrogens is 270 g/mol. The summed E-state index contributed by atoms with van der Waals surface area (Å²) in [5.74, 6) is 0. The van der Waals surface area contributed by atoms with Crippen molar-refractivity contribution in [2.24, 2.45) is 0 Å². The Morgan fingerprint density at radius 2 is 1.82 bits per heavy atom. The van der Waals surface area contributed by atoms with Crippen LogP contribution in [0, 0.1) is 0 Å². The topological polar surface area (TPSA) is 21.1 Å². The molecule has 22 heavy (non-hydrogen) atoms. The predicted molar refractivity (Wildman–Crippen MR) is 91.4 cm³/mol. The van der Waals surface area contributed by atoms with Crippen molar-refractivity contribution in [3.63, 3.8) is 0 Å². The maximum atomic E-state index is 4.74. The molecule has 118 valence electrons. The summed E-state index contributed by atoms with van der Waals surface area (Å²) < 4.78 is 2.00. The Labute approximate surface area is 133 Å². The normalized spacial score (nSPS) is 16.9. The molecule has 0 bridgehead atoms. The number of nitrogens with zero attached hydrogens (tertiary/aromatic N) is 3. The van der Waals surface area contributed by atoms with Crippen molar-refractivity contribution in [1.82, 2.24) is 14.7 Å². The van der Waals surface area contributed by atoms with Gasteiger partial charge in [0.1, 0.15) is 0 Å². The molecule has 0 amide bonds. The molecule has 3 nitrogen and oxygen atoms in total. The molecule has 3 heteroatoms. The molecule has 1 aliphatic heterocycles. The molecule has 0 unspecified atom stereocenters. The number of piperidine rings is 1. The minimum atomic E-state index is 0.0939. The SMILES string of the molecule is CC(C)(C)c1ccn(-c2cccc(CN3CCCCC3)c2)n1. The Morgan fingerprint density at radius 3 is 2.50 bits per heavy atom. The van der Waals surface area contributed by atoms with Gasteiger partial charge in [-0.1, -0.05) is 39.3 Å². The Kier molecular flexibility index (Phi) is 4.34. The summed E-state index contributed by atoms with van der Waals surface area (Å²) in [5.41, 5.74) is 3.77. The van der Waals surface area contributed by atoms with Gasteiger partial charge in [0.2, 0.25) is 0 Å². The zero-order valence-corrected chi connectivity index (χ0v) is 14.0. The monoisotopic (exact) mass is 297 g/mol. The van der Waals surface area contributed by atoms with Crippen LogP contribution in [-0.2, 0) is 12.0 Å². The molecule has 0 atom stereocenters. The first-order valence-corrected chi connectivity index (χ1v) is 8.40. The van der Waals surface area contributed by atoms with E-state index >= 15 is 0 Å². The minimum absolute atomic E-state index is 0.0939. The van der Waals surface area contributed by atoms with Crippen molar-refractivity contribution < 1.29 is 0 Å². The highest BCUT2D eigenvalue weighted by molar-refractivity contribution is 5.35. The Balaban J connectivity index is 1.77. The fourth-order valence-corrected chi connectivity index (χ4v) is 3.04. The van der Waals surface area contributed by atoms with Gasteiger partial charge in [-0.25, -0.2) is 4.68 Å². The lowest BCUT2D eigenvalue weighted by Gasteiger charge is -2.26. The van der Waals surface area contributed by atoms with E-state index in [-0.39, 0.29) is 5.41 Å². The molecule has 1 fully saturated rings. The van der Waals surface area contributed by atoms with Gasteiger partial charge in [0.05, 0.1) is 11.4 Å². The first-order chi connectivity index (χ1) is 10.5. The molecular formula is C19H27N3. The van der Waals surface area contributed by atoms with Crippen LogP contribution < -0.4 is 0 Å². The maximum Gasteiger partial charge on any atom is 0.0682 e. The van der Waals surface area contributed by atoms with Gasteiger partial charge in [-0.3, -0.25) is 4.90 Å². The average Bonchev–Trinajstić information content (AvgIpc) is 2.99. The predicted octanol–water partition coefficient (Wildman–Crippen LogP) is 4.16. The summed E-state index contributed by atoms with van der Waals surface area (Å²) in [6.07, 6.45) is 6.14. The summed E-state index contributed by atoms with van der Waals surface area (Å²) in [6.45, 7) is 10.1. The summed E-state index contributed by atoms with van der Waals surface area (Å²) in [6, 6.07) is 10.9. The third-order valence-electron chi connectivity index (χ3n) is 4.39. The van der Waals surface area contributed by atoms with Crippen LogP contribution >= 0.6 is 0 Å². The first-order valence-electron chi connectivity index (χ1n) is 8.40. The van der Waals surface area contributed by atoms with Crippen molar-refractivity contribution in [2.75, 3.05) is 13.1 Å². The second-order valence-electron chi connectivity index (χ2n) is 7.40. The van der Waals surface area contributed by atoms with Gasteiger partial charge < -0.3 is 0 Å². The first kappa shape index (κ1) is 15.3. The highest BCUT2D eigenvalue weighted by Crippen LogP contribution is 2.21. The molecule has 1 saturated heterocycles. The third kappa shape index (κ3) is 3.58.